The van der Waals surface area contributed by atoms with Gasteiger partial charge in [0.15, 0.2) is 0 Å². The number of hydrogen-bond donors (Lipinski definition) is 0. The van der Waals surface area contributed by atoms with Crippen molar-refractivity contribution in [3.63, 3.8) is 0 Å². The molecule has 0 N–H and O–H groups in total. The zero-order chi connectivity index (χ0) is 8.81. The molecule has 0 saturated carbocycles. The van der Waals surface area contributed by atoms with E-state index in [0.717, 1.165) is 8.35 Å². The summed E-state index contributed by atoms with van der Waals surface area (Å²) in [5.41, 5.74) is 1.42. The Labute approximate surface area is 76.8 Å². The first kappa shape index (κ1) is 9.80. The van der Waals surface area contributed by atoms with Crippen LogP contribution in [-0.4, -0.2) is 4.75 Å². The molecule has 68 valence electrons. The topological polar surface area (TPSA) is 12.9 Å². The average Bonchev–Trinajstić information content (AvgIpc) is 2.46. The zero-order valence-corrected chi connectivity index (χ0v) is 9.06. The van der Waals surface area contributed by atoms with Crippen LogP contribution in [0.25, 0.3) is 0 Å². The van der Waals surface area contributed by atoms with Gasteiger partial charge in [0.1, 0.15) is 0 Å². The minimum Gasteiger partial charge on any atom is -0.248 e. The van der Waals surface area contributed by atoms with Gasteiger partial charge in [-0.05, 0) is 39.0 Å². The van der Waals surface area contributed by atoms with Crippen LogP contribution in [0.4, 0.5) is 0 Å². The van der Waals surface area contributed by atoms with E-state index in [1.807, 2.05) is 6.20 Å². The quantitative estimate of drug-likeness (QED) is 0.636. The van der Waals surface area contributed by atoms with Crippen LogP contribution in [0.2, 0.25) is 0 Å². The maximum atomic E-state index is 4.27. The lowest BCUT2D eigenvalue weighted by molar-refractivity contribution is 0.669. The largest absolute Gasteiger partial charge is 0.248 e. The summed E-state index contributed by atoms with van der Waals surface area (Å²) >= 11 is 0. The molecule has 1 unspecified atom stereocenters. The highest BCUT2D eigenvalue weighted by molar-refractivity contribution is 7.26. The van der Waals surface area contributed by atoms with Crippen LogP contribution < -0.4 is 0 Å². The van der Waals surface area contributed by atoms with Crippen LogP contribution in [0.15, 0.2) is 6.20 Å². The summed E-state index contributed by atoms with van der Waals surface area (Å²) in [5.74, 6) is 0. The fourth-order valence-corrected chi connectivity index (χ4v) is 2.30. The third kappa shape index (κ3) is 2.98. The van der Waals surface area contributed by atoms with Crippen molar-refractivity contribution in [2.75, 3.05) is 0 Å². The Bertz CT molecular complexity index is 217. The molecule has 0 aliphatic rings. The lowest BCUT2D eigenvalue weighted by atomic mass is 10.1. The molecule has 1 heterocycles. The summed E-state index contributed by atoms with van der Waals surface area (Å²) in [5, 5.41) is 1.59. The molecule has 0 aliphatic carbocycles. The van der Waals surface area contributed by atoms with Crippen LogP contribution in [-0.2, 0) is 6.42 Å². The second kappa shape index (κ2) is 5.37. The van der Waals surface area contributed by atoms with Gasteiger partial charge in [-0.1, -0.05) is 26.2 Å². The molecule has 0 radical (unpaired) electrons. The monoisotopic (exact) mass is 183 g/mol. The number of aryl methyl sites for hydroxylation is 2. The molecular weight excluding hydrogens is 165 g/mol. The molecule has 1 aromatic rings. The van der Waals surface area contributed by atoms with E-state index in [2.05, 4.69) is 18.6 Å². The SMILES string of the molecule is CCCCCCc1[pH]ncc1C. The van der Waals surface area contributed by atoms with Crippen LogP contribution >= 0.6 is 8.35 Å². The Morgan fingerprint density at radius 1 is 1.33 bits per heavy atom. The summed E-state index contributed by atoms with van der Waals surface area (Å²) in [7, 11) is 0.741. The third-order valence-corrected chi connectivity index (χ3v) is 3.39. The molecular formula is C10H18NP. The summed E-state index contributed by atoms with van der Waals surface area (Å²) in [6.07, 6.45) is 8.76. The van der Waals surface area contributed by atoms with Crippen molar-refractivity contribution in [3.8, 4) is 0 Å². The third-order valence-electron chi connectivity index (χ3n) is 2.21. The van der Waals surface area contributed by atoms with E-state index in [-0.39, 0.29) is 0 Å². The minimum atomic E-state index is 0.741. The number of nitrogens with zero attached hydrogens (tertiary/aromatic N) is 1. The number of hydrogen-bond acceptors (Lipinski definition) is 1. The van der Waals surface area contributed by atoms with Gasteiger partial charge in [0.05, 0.1) is 0 Å². The lowest BCUT2D eigenvalue weighted by Gasteiger charge is -1.98. The lowest BCUT2D eigenvalue weighted by Crippen LogP contribution is -1.83. The van der Waals surface area contributed by atoms with E-state index in [0.29, 0.717) is 0 Å². The first-order valence-corrected chi connectivity index (χ1v) is 5.78. The molecule has 2 heteroatoms. The van der Waals surface area contributed by atoms with Crippen LogP contribution in [0.3, 0.4) is 0 Å². The number of unbranched alkanes of at least 4 members (excludes halogenated alkanes) is 3. The summed E-state index contributed by atoms with van der Waals surface area (Å²) in [6.45, 7) is 4.43. The molecule has 1 atom stereocenters. The molecule has 0 aliphatic heterocycles. The van der Waals surface area contributed by atoms with Crippen molar-refractivity contribution in [2.45, 2.75) is 46.0 Å². The summed E-state index contributed by atoms with van der Waals surface area (Å²) < 4.78 is 4.27. The van der Waals surface area contributed by atoms with Gasteiger partial charge in [-0.25, -0.2) is 4.75 Å². The normalized spacial score (nSPS) is 11.2. The molecule has 0 saturated heterocycles. The Morgan fingerprint density at radius 2 is 2.17 bits per heavy atom. The van der Waals surface area contributed by atoms with Gasteiger partial charge >= 0.3 is 0 Å². The highest BCUT2D eigenvalue weighted by Crippen LogP contribution is 2.19. The van der Waals surface area contributed by atoms with E-state index in [1.165, 1.54) is 37.7 Å². The van der Waals surface area contributed by atoms with Crippen molar-refractivity contribution in [2.24, 2.45) is 0 Å². The Morgan fingerprint density at radius 3 is 2.75 bits per heavy atom. The fourth-order valence-electron chi connectivity index (χ4n) is 1.35. The molecule has 12 heavy (non-hydrogen) atoms. The average molecular weight is 183 g/mol. The van der Waals surface area contributed by atoms with Gasteiger partial charge in [-0.2, -0.15) is 0 Å². The predicted molar refractivity (Wildman–Crippen MR) is 56.3 cm³/mol. The van der Waals surface area contributed by atoms with Gasteiger partial charge in [-0.3, -0.25) is 0 Å². The van der Waals surface area contributed by atoms with Gasteiger partial charge < -0.3 is 0 Å². The van der Waals surface area contributed by atoms with E-state index >= 15 is 0 Å². The van der Waals surface area contributed by atoms with Crippen LogP contribution in [0, 0.1) is 6.92 Å². The Hall–Kier alpha value is -0.290. The minimum absolute atomic E-state index is 0.741. The Kier molecular flexibility index (Phi) is 4.39. The van der Waals surface area contributed by atoms with Gasteiger partial charge in [0.25, 0.3) is 0 Å². The fraction of sp³-hybridized carbons (Fsp3) is 0.700. The van der Waals surface area contributed by atoms with Crippen molar-refractivity contribution in [1.29, 1.82) is 0 Å². The summed E-state index contributed by atoms with van der Waals surface area (Å²) in [6, 6.07) is 0. The maximum Gasteiger partial charge on any atom is 0.0342 e. The second-order valence-electron chi connectivity index (χ2n) is 3.34. The maximum absolute atomic E-state index is 4.27. The van der Waals surface area contributed by atoms with E-state index in [9.17, 15) is 0 Å². The van der Waals surface area contributed by atoms with Gasteiger partial charge in [0.2, 0.25) is 0 Å². The molecule has 0 amide bonds. The molecule has 0 spiro atoms. The number of rotatable bonds is 5. The van der Waals surface area contributed by atoms with E-state index in [4.69, 9.17) is 0 Å². The van der Waals surface area contributed by atoms with Crippen molar-refractivity contribution < 1.29 is 0 Å². The molecule has 1 aromatic heterocycles. The highest BCUT2D eigenvalue weighted by Gasteiger charge is 1.98. The molecule has 0 fully saturated rings. The van der Waals surface area contributed by atoms with Crippen LogP contribution in [0.1, 0.15) is 43.5 Å². The molecule has 0 bridgehead atoms. The van der Waals surface area contributed by atoms with Crippen molar-refractivity contribution in [1.82, 2.24) is 4.75 Å². The molecule has 0 aromatic carbocycles. The first-order valence-electron chi connectivity index (χ1n) is 4.83. The molecule has 1 rings (SSSR count). The first-order chi connectivity index (χ1) is 5.84. The van der Waals surface area contributed by atoms with Gasteiger partial charge in [0, 0.05) is 6.20 Å². The van der Waals surface area contributed by atoms with Crippen LogP contribution in [0.5, 0.6) is 0 Å². The predicted octanol–water partition coefficient (Wildman–Crippen LogP) is 3.54. The Balaban J connectivity index is 2.20. The smallest absolute Gasteiger partial charge is 0.0342 e. The zero-order valence-electron chi connectivity index (χ0n) is 8.06. The summed E-state index contributed by atoms with van der Waals surface area (Å²) in [4.78, 5) is 0. The standard InChI is InChI=1S/C10H18NP/c1-3-4-5-6-7-10-9(2)8-11-12-10/h8,12H,3-7H2,1-2H3. The second-order valence-corrected chi connectivity index (χ2v) is 4.43. The van der Waals surface area contributed by atoms with Crippen molar-refractivity contribution >= 4 is 8.35 Å². The number of aromatic nitrogens is 1. The highest BCUT2D eigenvalue weighted by atomic mass is 31.0. The van der Waals surface area contributed by atoms with Crippen molar-refractivity contribution in [3.05, 3.63) is 17.1 Å². The van der Waals surface area contributed by atoms with Gasteiger partial charge in [-0.15, -0.1) is 0 Å². The van der Waals surface area contributed by atoms with E-state index < -0.39 is 0 Å². The molecule has 1 nitrogen and oxygen atoms in total. The van der Waals surface area contributed by atoms with E-state index in [1.54, 1.807) is 5.30 Å².